The molecule has 0 N–H and O–H groups in total. The molecule has 0 aliphatic rings. The lowest BCUT2D eigenvalue weighted by atomic mass is 10.2. The number of rotatable bonds is 7. The first kappa shape index (κ1) is 16.3. The van der Waals surface area contributed by atoms with Gasteiger partial charge in [0, 0.05) is 5.75 Å². The molecule has 0 amide bonds. The van der Waals surface area contributed by atoms with Crippen LogP contribution in [0.25, 0.3) is 22.9 Å². The van der Waals surface area contributed by atoms with E-state index in [-0.39, 0.29) is 12.4 Å². The maximum absolute atomic E-state index is 11.4. The predicted octanol–water partition coefficient (Wildman–Crippen LogP) is 3.44. The topological polar surface area (TPSA) is 91.2 Å². The third-order valence-corrected chi connectivity index (χ3v) is 3.86. The molecule has 0 saturated heterocycles. The number of aromatic nitrogens is 3. The normalized spacial score (nSPS) is 10.7. The van der Waals surface area contributed by atoms with E-state index in [2.05, 4.69) is 15.2 Å². The van der Waals surface area contributed by atoms with Crippen LogP contribution in [0.3, 0.4) is 0 Å². The Morgan fingerprint density at radius 2 is 1.83 bits per heavy atom. The van der Waals surface area contributed by atoms with Crippen LogP contribution in [0.2, 0.25) is 0 Å². The average Bonchev–Trinajstić information content (AvgIpc) is 3.29. The zero-order valence-corrected chi connectivity index (χ0v) is 13.8. The molecule has 0 aromatic carbocycles. The molecule has 124 valence electrons. The van der Waals surface area contributed by atoms with E-state index in [9.17, 15) is 4.79 Å². The van der Waals surface area contributed by atoms with Crippen LogP contribution >= 0.6 is 11.8 Å². The van der Waals surface area contributed by atoms with Crippen molar-refractivity contribution in [3.8, 4) is 22.9 Å². The second kappa shape index (κ2) is 7.78. The van der Waals surface area contributed by atoms with E-state index in [1.54, 1.807) is 43.7 Å². The molecule has 0 unspecified atom stereocenters. The van der Waals surface area contributed by atoms with Gasteiger partial charge in [0.1, 0.15) is 5.69 Å². The number of carbonyl (C=O) groups is 1. The molecule has 3 aromatic rings. The first-order valence-electron chi connectivity index (χ1n) is 7.39. The molecule has 0 fully saturated rings. The molecule has 0 aliphatic carbocycles. The summed E-state index contributed by atoms with van der Waals surface area (Å²) in [7, 11) is 0. The van der Waals surface area contributed by atoms with E-state index >= 15 is 0 Å². The zero-order valence-electron chi connectivity index (χ0n) is 13.0. The molecule has 24 heavy (non-hydrogen) atoms. The summed E-state index contributed by atoms with van der Waals surface area (Å²) >= 11 is 1.33. The van der Waals surface area contributed by atoms with E-state index in [4.69, 9.17) is 13.6 Å². The van der Waals surface area contributed by atoms with Crippen LogP contribution in [-0.2, 0) is 9.53 Å². The van der Waals surface area contributed by atoms with Crippen LogP contribution < -0.4 is 0 Å². The van der Waals surface area contributed by atoms with E-state index in [1.807, 2.05) is 0 Å². The summed E-state index contributed by atoms with van der Waals surface area (Å²) in [5.74, 6) is 1.41. The van der Waals surface area contributed by atoms with Crippen molar-refractivity contribution in [2.45, 2.75) is 18.5 Å². The lowest BCUT2D eigenvalue weighted by molar-refractivity contribution is -0.142. The molecule has 3 heterocycles. The van der Waals surface area contributed by atoms with E-state index < -0.39 is 0 Å². The van der Waals surface area contributed by atoms with Crippen LogP contribution in [0.5, 0.6) is 0 Å². The molecule has 7 nitrogen and oxygen atoms in total. The summed E-state index contributed by atoms with van der Waals surface area (Å²) < 4.78 is 15.7. The Morgan fingerprint density at radius 1 is 1.12 bits per heavy atom. The summed E-state index contributed by atoms with van der Waals surface area (Å²) in [6, 6.07) is 7.12. The Morgan fingerprint density at radius 3 is 2.46 bits per heavy atom. The van der Waals surface area contributed by atoms with Crippen molar-refractivity contribution in [2.24, 2.45) is 0 Å². The third-order valence-electron chi connectivity index (χ3n) is 3.02. The van der Waals surface area contributed by atoms with Gasteiger partial charge in [0.05, 0.1) is 25.6 Å². The highest BCUT2D eigenvalue weighted by atomic mass is 32.2. The highest BCUT2D eigenvalue weighted by Crippen LogP contribution is 2.30. The summed E-state index contributed by atoms with van der Waals surface area (Å²) in [6.07, 6.45) is 3.42. The summed E-state index contributed by atoms with van der Waals surface area (Å²) in [4.78, 5) is 15.9. The molecule has 0 atom stereocenters. The fraction of sp³-hybridized carbons (Fsp3) is 0.250. The number of ether oxygens (including phenoxy) is 1. The zero-order chi connectivity index (χ0) is 16.8. The number of esters is 1. The van der Waals surface area contributed by atoms with Crippen LogP contribution in [0, 0.1) is 0 Å². The Kier molecular flexibility index (Phi) is 5.27. The minimum atomic E-state index is -0.239. The lowest BCUT2D eigenvalue weighted by Crippen LogP contribution is -2.05. The van der Waals surface area contributed by atoms with Gasteiger partial charge in [-0.1, -0.05) is 11.8 Å². The molecule has 8 heteroatoms. The van der Waals surface area contributed by atoms with Gasteiger partial charge in [-0.25, -0.2) is 4.98 Å². The summed E-state index contributed by atoms with van der Waals surface area (Å²) in [5, 5.41) is 8.76. The van der Waals surface area contributed by atoms with Crippen molar-refractivity contribution in [1.82, 2.24) is 15.2 Å². The van der Waals surface area contributed by atoms with Gasteiger partial charge < -0.3 is 13.6 Å². The van der Waals surface area contributed by atoms with E-state index in [1.165, 1.54) is 11.8 Å². The van der Waals surface area contributed by atoms with Gasteiger partial charge in [-0.05, 0) is 31.2 Å². The molecule has 3 rings (SSSR count). The Labute approximate surface area is 142 Å². The monoisotopic (exact) mass is 345 g/mol. The van der Waals surface area contributed by atoms with Crippen LogP contribution in [0.15, 0.2) is 50.8 Å². The predicted molar refractivity (Wildman–Crippen MR) is 87.2 cm³/mol. The number of nitrogens with zero attached hydrogens (tertiary/aromatic N) is 3. The fourth-order valence-electron chi connectivity index (χ4n) is 2.00. The second-order valence-electron chi connectivity index (χ2n) is 4.65. The van der Waals surface area contributed by atoms with Crippen molar-refractivity contribution < 1.29 is 18.4 Å². The molecular formula is C16H15N3O4S. The van der Waals surface area contributed by atoms with Gasteiger partial charge in [0.25, 0.3) is 0 Å². The molecule has 3 aromatic heterocycles. The van der Waals surface area contributed by atoms with Gasteiger partial charge in [-0.2, -0.15) is 0 Å². The van der Waals surface area contributed by atoms with E-state index in [0.717, 1.165) is 0 Å². The Hall–Kier alpha value is -2.61. The maximum atomic E-state index is 11.4. The SMILES string of the molecule is CCOC(=O)CCSc1nnc(-c2ccco2)c(-c2ccco2)n1. The third kappa shape index (κ3) is 3.83. The molecule has 0 saturated carbocycles. The van der Waals surface area contributed by atoms with Crippen molar-refractivity contribution >= 4 is 17.7 Å². The number of hydrogen-bond donors (Lipinski definition) is 0. The van der Waals surface area contributed by atoms with Crippen LogP contribution in [-0.4, -0.2) is 33.5 Å². The van der Waals surface area contributed by atoms with Crippen molar-refractivity contribution in [2.75, 3.05) is 12.4 Å². The number of thioether (sulfide) groups is 1. The molecule has 0 radical (unpaired) electrons. The smallest absolute Gasteiger partial charge is 0.306 e. The number of carbonyl (C=O) groups excluding carboxylic acids is 1. The van der Waals surface area contributed by atoms with Gasteiger partial charge in [0.2, 0.25) is 5.16 Å². The standard InChI is InChI=1S/C16H15N3O4S/c1-2-21-13(20)7-10-24-16-17-14(11-5-3-8-22-11)15(18-19-16)12-6-4-9-23-12/h3-6,8-9H,2,7,10H2,1H3. The average molecular weight is 345 g/mol. The molecule has 0 aliphatic heterocycles. The Balaban J connectivity index is 1.80. The van der Waals surface area contributed by atoms with Gasteiger partial charge in [0.15, 0.2) is 17.2 Å². The first-order valence-corrected chi connectivity index (χ1v) is 8.37. The van der Waals surface area contributed by atoms with Crippen molar-refractivity contribution in [3.05, 3.63) is 36.8 Å². The van der Waals surface area contributed by atoms with Crippen LogP contribution in [0.1, 0.15) is 13.3 Å². The van der Waals surface area contributed by atoms with Crippen molar-refractivity contribution in [3.63, 3.8) is 0 Å². The quantitative estimate of drug-likeness (QED) is 0.475. The highest BCUT2D eigenvalue weighted by molar-refractivity contribution is 7.99. The van der Waals surface area contributed by atoms with Crippen molar-refractivity contribution in [1.29, 1.82) is 0 Å². The minimum absolute atomic E-state index is 0.239. The minimum Gasteiger partial charge on any atom is -0.466 e. The molecular weight excluding hydrogens is 330 g/mol. The van der Waals surface area contributed by atoms with Gasteiger partial charge in [-0.3, -0.25) is 4.79 Å². The summed E-state index contributed by atoms with van der Waals surface area (Å²) in [5.41, 5.74) is 1.05. The number of hydrogen-bond acceptors (Lipinski definition) is 8. The second-order valence-corrected chi connectivity index (χ2v) is 5.71. The number of furan rings is 2. The lowest BCUT2D eigenvalue weighted by Gasteiger charge is -2.05. The van der Waals surface area contributed by atoms with E-state index in [0.29, 0.717) is 40.4 Å². The fourth-order valence-corrected chi connectivity index (χ4v) is 2.70. The first-order chi connectivity index (χ1) is 11.8. The Bertz CT molecular complexity index is 788. The summed E-state index contributed by atoms with van der Waals surface area (Å²) in [6.45, 7) is 2.16. The van der Waals surface area contributed by atoms with Gasteiger partial charge in [-0.15, -0.1) is 10.2 Å². The van der Waals surface area contributed by atoms with Gasteiger partial charge >= 0.3 is 5.97 Å². The highest BCUT2D eigenvalue weighted by Gasteiger charge is 2.18. The van der Waals surface area contributed by atoms with Crippen LogP contribution in [0.4, 0.5) is 0 Å². The molecule has 0 spiro atoms. The molecule has 0 bridgehead atoms. The largest absolute Gasteiger partial charge is 0.466 e. The maximum Gasteiger partial charge on any atom is 0.306 e.